The molecular formula is C19H28N2O2S. The van der Waals surface area contributed by atoms with Crippen LogP contribution in [-0.4, -0.2) is 23.7 Å². The molecule has 0 radical (unpaired) electrons. The summed E-state index contributed by atoms with van der Waals surface area (Å²) in [5.41, 5.74) is 0.529. The molecular weight excluding hydrogens is 320 g/mol. The number of rotatable bonds is 7. The standard InChI is InChI=1S/C19H28N2O2S/c1-2-3-9-14-23-17-13-8-7-12-16(17)18(22)21-19(24)20-15-10-5-4-6-11-15/h7-8,12-13,15H,2-6,9-11,14H2,1H3,(H2,20,21,22,24). The third kappa shape index (κ3) is 6.11. The first kappa shape index (κ1) is 18.7. The minimum Gasteiger partial charge on any atom is -0.493 e. The van der Waals surface area contributed by atoms with E-state index >= 15 is 0 Å². The van der Waals surface area contributed by atoms with Crippen molar-refractivity contribution in [1.82, 2.24) is 10.6 Å². The van der Waals surface area contributed by atoms with E-state index in [1.54, 1.807) is 6.07 Å². The van der Waals surface area contributed by atoms with Crippen LogP contribution in [-0.2, 0) is 0 Å². The zero-order valence-corrected chi connectivity index (χ0v) is 15.3. The molecule has 0 unspecified atom stereocenters. The van der Waals surface area contributed by atoms with Gasteiger partial charge in [-0.3, -0.25) is 10.1 Å². The number of thiocarbonyl (C=S) groups is 1. The normalized spacial score (nSPS) is 14.9. The van der Waals surface area contributed by atoms with Gasteiger partial charge < -0.3 is 10.1 Å². The summed E-state index contributed by atoms with van der Waals surface area (Å²) in [5.74, 6) is 0.404. The van der Waals surface area contributed by atoms with Crippen LogP contribution in [0, 0.1) is 0 Å². The maximum absolute atomic E-state index is 12.5. The molecule has 1 aromatic rings. The van der Waals surface area contributed by atoms with Crippen molar-refractivity contribution in [2.75, 3.05) is 6.61 Å². The van der Waals surface area contributed by atoms with Gasteiger partial charge in [0.2, 0.25) is 0 Å². The highest BCUT2D eigenvalue weighted by Crippen LogP contribution is 2.19. The van der Waals surface area contributed by atoms with Crippen LogP contribution >= 0.6 is 12.2 Å². The van der Waals surface area contributed by atoms with Crippen molar-refractivity contribution < 1.29 is 9.53 Å². The first-order valence-corrected chi connectivity index (χ1v) is 9.45. The lowest BCUT2D eigenvalue weighted by Gasteiger charge is -2.24. The first-order chi connectivity index (χ1) is 11.7. The molecule has 2 N–H and O–H groups in total. The molecule has 0 aliphatic heterocycles. The van der Waals surface area contributed by atoms with Gasteiger partial charge in [-0.05, 0) is 43.6 Å². The Balaban J connectivity index is 1.87. The van der Waals surface area contributed by atoms with E-state index in [0.29, 0.717) is 29.1 Å². The van der Waals surface area contributed by atoms with E-state index in [-0.39, 0.29) is 5.91 Å². The number of hydrogen-bond acceptors (Lipinski definition) is 3. The molecule has 5 heteroatoms. The van der Waals surface area contributed by atoms with Crippen LogP contribution < -0.4 is 15.4 Å². The average Bonchev–Trinajstić information content (AvgIpc) is 2.60. The van der Waals surface area contributed by atoms with E-state index in [4.69, 9.17) is 17.0 Å². The van der Waals surface area contributed by atoms with E-state index in [1.807, 2.05) is 18.2 Å². The van der Waals surface area contributed by atoms with Gasteiger partial charge in [0, 0.05) is 6.04 Å². The number of carbonyl (C=O) groups is 1. The fourth-order valence-electron chi connectivity index (χ4n) is 2.95. The van der Waals surface area contributed by atoms with E-state index in [2.05, 4.69) is 17.6 Å². The van der Waals surface area contributed by atoms with Crippen molar-refractivity contribution in [2.45, 2.75) is 64.3 Å². The molecule has 1 aliphatic carbocycles. The summed E-state index contributed by atoms with van der Waals surface area (Å²) in [6, 6.07) is 7.70. The average molecular weight is 349 g/mol. The Bertz CT molecular complexity index is 542. The molecule has 0 aromatic heterocycles. The maximum Gasteiger partial charge on any atom is 0.261 e. The number of ether oxygens (including phenoxy) is 1. The van der Waals surface area contributed by atoms with E-state index in [1.165, 1.54) is 19.3 Å². The van der Waals surface area contributed by atoms with Crippen LogP contribution in [0.5, 0.6) is 5.75 Å². The van der Waals surface area contributed by atoms with Crippen molar-refractivity contribution in [3.8, 4) is 5.75 Å². The Hall–Kier alpha value is -1.62. The molecule has 2 rings (SSSR count). The number of carbonyl (C=O) groups excluding carboxylic acids is 1. The SMILES string of the molecule is CCCCCOc1ccccc1C(=O)NC(=S)NC1CCCCC1. The van der Waals surface area contributed by atoms with Gasteiger partial charge in [0.25, 0.3) is 5.91 Å². The summed E-state index contributed by atoms with van der Waals surface area (Å²) < 4.78 is 5.77. The zero-order chi connectivity index (χ0) is 17.2. The van der Waals surface area contributed by atoms with Crippen molar-refractivity contribution in [1.29, 1.82) is 0 Å². The summed E-state index contributed by atoms with van der Waals surface area (Å²) in [4.78, 5) is 12.5. The van der Waals surface area contributed by atoms with Crippen LogP contribution in [0.2, 0.25) is 0 Å². The van der Waals surface area contributed by atoms with Gasteiger partial charge in [0.15, 0.2) is 5.11 Å². The molecule has 24 heavy (non-hydrogen) atoms. The zero-order valence-electron chi connectivity index (χ0n) is 14.5. The third-order valence-corrected chi connectivity index (χ3v) is 4.52. The van der Waals surface area contributed by atoms with E-state index < -0.39 is 0 Å². The lowest BCUT2D eigenvalue weighted by Crippen LogP contribution is -2.45. The Morgan fingerprint density at radius 3 is 2.71 bits per heavy atom. The van der Waals surface area contributed by atoms with Gasteiger partial charge in [-0.25, -0.2) is 0 Å². The summed E-state index contributed by atoms with van der Waals surface area (Å²) in [7, 11) is 0. The largest absolute Gasteiger partial charge is 0.493 e. The minimum atomic E-state index is -0.214. The summed E-state index contributed by atoms with van der Waals surface area (Å²) >= 11 is 5.29. The van der Waals surface area contributed by atoms with Crippen LogP contribution in [0.25, 0.3) is 0 Å². The quantitative estimate of drug-likeness (QED) is 0.573. The number of nitrogens with one attached hydrogen (secondary N) is 2. The predicted molar refractivity (Wildman–Crippen MR) is 102 cm³/mol. The number of amides is 1. The minimum absolute atomic E-state index is 0.214. The molecule has 4 nitrogen and oxygen atoms in total. The van der Waals surface area contributed by atoms with Crippen molar-refractivity contribution in [3.63, 3.8) is 0 Å². The Kier molecular flexibility index (Phi) is 8.02. The molecule has 0 saturated heterocycles. The summed E-state index contributed by atoms with van der Waals surface area (Å²) in [6.45, 7) is 2.78. The van der Waals surface area contributed by atoms with Crippen LogP contribution in [0.15, 0.2) is 24.3 Å². The monoisotopic (exact) mass is 348 g/mol. The van der Waals surface area contributed by atoms with Crippen molar-refractivity contribution in [3.05, 3.63) is 29.8 Å². The second kappa shape index (κ2) is 10.3. The molecule has 1 aromatic carbocycles. The lowest BCUT2D eigenvalue weighted by atomic mass is 9.96. The maximum atomic E-state index is 12.5. The molecule has 132 valence electrons. The van der Waals surface area contributed by atoms with Gasteiger partial charge in [-0.15, -0.1) is 0 Å². The molecule has 1 amide bonds. The van der Waals surface area contributed by atoms with Crippen LogP contribution in [0.4, 0.5) is 0 Å². The number of benzene rings is 1. The second-order valence-electron chi connectivity index (χ2n) is 6.31. The Labute approximate surface area is 150 Å². The van der Waals surface area contributed by atoms with Gasteiger partial charge >= 0.3 is 0 Å². The Morgan fingerprint density at radius 2 is 1.96 bits per heavy atom. The van der Waals surface area contributed by atoms with Gasteiger partial charge in [-0.2, -0.15) is 0 Å². The number of hydrogen-bond donors (Lipinski definition) is 2. The van der Waals surface area contributed by atoms with Gasteiger partial charge in [0.1, 0.15) is 5.75 Å². The van der Waals surface area contributed by atoms with Gasteiger partial charge in [0.05, 0.1) is 12.2 Å². The highest BCUT2D eigenvalue weighted by Gasteiger charge is 2.17. The smallest absolute Gasteiger partial charge is 0.261 e. The molecule has 1 aliphatic rings. The fraction of sp³-hybridized carbons (Fsp3) is 0.579. The lowest BCUT2D eigenvalue weighted by molar-refractivity contribution is 0.0972. The number of unbranched alkanes of at least 4 members (excludes halogenated alkanes) is 2. The Morgan fingerprint density at radius 1 is 1.21 bits per heavy atom. The van der Waals surface area contributed by atoms with Crippen LogP contribution in [0.1, 0.15) is 68.6 Å². The van der Waals surface area contributed by atoms with E-state index in [9.17, 15) is 4.79 Å². The predicted octanol–water partition coefficient (Wildman–Crippen LogP) is 4.19. The highest BCUT2D eigenvalue weighted by molar-refractivity contribution is 7.80. The highest BCUT2D eigenvalue weighted by atomic mass is 32.1. The van der Waals surface area contributed by atoms with E-state index in [0.717, 1.165) is 32.1 Å². The number of para-hydroxylation sites is 1. The molecule has 0 heterocycles. The molecule has 0 atom stereocenters. The second-order valence-corrected chi connectivity index (χ2v) is 6.72. The molecule has 1 fully saturated rings. The van der Waals surface area contributed by atoms with Crippen molar-refractivity contribution >= 4 is 23.2 Å². The topological polar surface area (TPSA) is 50.4 Å². The van der Waals surface area contributed by atoms with Crippen molar-refractivity contribution in [2.24, 2.45) is 0 Å². The molecule has 0 bridgehead atoms. The van der Waals surface area contributed by atoms with Gasteiger partial charge in [-0.1, -0.05) is 51.2 Å². The fourth-order valence-corrected chi connectivity index (χ4v) is 3.21. The van der Waals surface area contributed by atoms with Crippen LogP contribution in [0.3, 0.4) is 0 Å². The third-order valence-electron chi connectivity index (χ3n) is 4.30. The molecule has 1 saturated carbocycles. The summed E-state index contributed by atoms with van der Waals surface area (Å²) in [5, 5.41) is 6.45. The summed E-state index contributed by atoms with van der Waals surface area (Å²) in [6.07, 6.45) is 9.25. The first-order valence-electron chi connectivity index (χ1n) is 9.04. The molecule has 0 spiro atoms.